The highest BCUT2D eigenvalue weighted by Gasteiger charge is 2.15. The number of nitrogens with zero attached hydrogens (tertiary/aromatic N) is 1. The van der Waals surface area contributed by atoms with Crippen molar-refractivity contribution in [3.63, 3.8) is 0 Å². The number of aromatic amines is 1. The average molecular weight is 398 g/mol. The van der Waals surface area contributed by atoms with Crippen LogP contribution < -0.4 is 5.56 Å². The fourth-order valence-corrected chi connectivity index (χ4v) is 3.01. The number of halogens is 2. The predicted octanol–water partition coefficient (Wildman–Crippen LogP) is 4.11. The summed E-state index contributed by atoms with van der Waals surface area (Å²) in [4.78, 5) is 25.3. The van der Waals surface area contributed by atoms with Crippen LogP contribution in [0.3, 0.4) is 0 Å². The number of H-pyrrole nitrogens is 1. The molecule has 0 fully saturated rings. The highest BCUT2D eigenvalue weighted by atomic mass is 79.9. The fourth-order valence-electron chi connectivity index (χ4n) is 2.16. The molecule has 7 heteroatoms. The van der Waals surface area contributed by atoms with Gasteiger partial charge in [0.25, 0.3) is 11.2 Å². The minimum atomic E-state index is -0.459. The van der Waals surface area contributed by atoms with Gasteiger partial charge in [-0.1, -0.05) is 22.0 Å². The first-order valence-corrected chi connectivity index (χ1v) is 7.15. The molecule has 0 radical (unpaired) electrons. The van der Waals surface area contributed by atoms with E-state index in [9.17, 15) is 14.9 Å². The smallest absolute Gasteiger partial charge is 0.284 e. The summed E-state index contributed by atoms with van der Waals surface area (Å²) in [6, 6.07) is 8.28. The fraction of sp³-hybridized carbons (Fsp3) is 0. The third-order valence-corrected chi connectivity index (χ3v) is 4.18. The number of rotatable bonds is 1. The van der Waals surface area contributed by atoms with E-state index in [4.69, 9.17) is 0 Å². The van der Waals surface area contributed by atoms with Crippen molar-refractivity contribution in [1.82, 2.24) is 4.98 Å². The lowest BCUT2D eigenvalue weighted by atomic mass is 10.1. The maximum absolute atomic E-state index is 12.0. The van der Waals surface area contributed by atoms with E-state index >= 15 is 0 Å². The van der Waals surface area contributed by atoms with Crippen molar-refractivity contribution in [3.8, 4) is 0 Å². The first-order chi connectivity index (χ1) is 9.47. The van der Waals surface area contributed by atoms with E-state index in [2.05, 4.69) is 36.8 Å². The predicted molar refractivity (Wildman–Crippen MR) is 84.1 cm³/mol. The van der Waals surface area contributed by atoms with Crippen LogP contribution in [0.4, 0.5) is 5.69 Å². The van der Waals surface area contributed by atoms with Gasteiger partial charge in [0.2, 0.25) is 0 Å². The molecule has 0 amide bonds. The van der Waals surface area contributed by atoms with Crippen molar-refractivity contribution in [2.24, 2.45) is 0 Å². The van der Waals surface area contributed by atoms with Crippen LogP contribution in [0.15, 0.2) is 44.1 Å². The maximum Gasteiger partial charge on any atom is 0.284 e. The Hall–Kier alpha value is -1.73. The van der Waals surface area contributed by atoms with Gasteiger partial charge in [-0.3, -0.25) is 14.9 Å². The Labute approximate surface area is 129 Å². The molecular formula is C13H6Br2N2O3. The van der Waals surface area contributed by atoms with Crippen LogP contribution in [0, 0.1) is 10.1 Å². The highest BCUT2D eigenvalue weighted by molar-refractivity contribution is 9.10. The molecule has 3 aromatic rings. The molecule has 0 bridgehead atoms. The molecule has 1 N–H and O–H groups in total. The molecule has 100 valence electrons. The van der Waals surface area contributed by atoms with Gasteiger partial charge in [0.1, 0.15) is 0 Å². The number of hydrogen-bond donors (Lipinski definition) is 1. The van der Waals surface area contributed by atoms with Crippen LogP contribution in [-0.2, 0) is 0 Å². The van der Waals surface area contributed by atoms with Crippen LogP contribution in [0.2, 0.25) is 0 Å². The van der Waals surface area contributed by atoms with Crippen molar-refractivity contribution in [3.05, 3.63) is 59.7 Å². The highest BCUT2D eigenvalue weighted by Crippen LogP contribution is 2.32. The maximum atomic E-state index is 12.0. The monoisotopic (exact) mass is 396 g/mol. The van der Waals surface area contributed by atoms with Crippen LogP contribution in [0.5, 0.6) is 0 Å². The Bertz CT molecular complexity index is 934. The number of nitrogens with one attached hydrogen (secondary N) is 1. The summed E-state index contributed by atoms with van der Waals surface area (Å²) in [6.07, 6.45) is 0. The normalized spacial score (nSPS) is 11.1. The molecule has 0 saturated heterocycles. The Kier molecular flexibility index (Phi) is 3.10. The van der Waals surface area contributed by atoms with Crippen molar-refractivity contribution in [2.45, 2.75) is 0 Å². The van der Waals surface area contributed by atoms with Crippen LogP contribution in [0.1, 0.15) is 0 Å². The molecule has 0 aliphatic carbocycles. The number of nitro benzene ring substituents is 1. The van der Waals surface area contributed by atoms with Crippen molar-refractivity contribution in [1.29, 1.82) is 0 Å². The molecule has 0 atom stereocenters. The van der Waals surface area contributed by atoms with E-state index < -0.39 is 4.92 Å². The molecule has 3 rings (SSSR count). The first kappa shape index (κ1) is 13.3. The van der Waals surface area contributed by atoms with E-state index in [0.29, 0.717) is 26.1 Å². The van der Waals surface area contributed by atoms with Crippen molar-refractivity contribution < 1.29 is 4.92 Å². The molecular weight excluding hydrogens is 392 g/mol. The molecule has 0 aliphatic rings. The number of aromatic nitrogens is 1. The average Bonchev–Trinajstić information content (AvgIpc) is 2.38. The van der Waals surface area contributed by atoms with E-state index in [1.807, 2.05) is 0 Å². The summed E-state index contributed by atoms with van der Waals surface area (Å²) in [5, 5.41) is 12.8. The minimum Gasteiger partial charge on any atom is -0.321 e. The van der Waals surface area contributed by atoms with Crippen LogP contribution in [-0.4, -0.2) is 9.91 Å². The minimum absolute atomic E-state index is 0.0335. The van der Waals surface area contributed by atoms with Gasteiger partial charge in [-0.15, -0.1) is 0 Å². The van der Waals surface area contributed by atoms with E-state index in [-0.39, 0.29) is 11.2 Å². The Balaban J connectivity index is 2.55. The molecule has 0 saturated carbocycles. The number of benzene rings is 2. The molecule has 0 unspecified atom stereocenters. The SMILES string of the molecule is O=c1[nH]c2cc(Br)c([N+](=O)[O-])cc2c2ccc(Br)cc12. The van der Waals surface area contributed by atoms with E-state index in [1.165, 1.54) is 6.07 Å². The van der Waals surface area contributed by atoms with Gasteiger partial charge in [0.15, 0.2) is 0 Å². The zero-order valence-corrected chi connectivity index (χ0v) is 13.0. The quantitative estimate of drug-likeness (QED) is 0.381. The summed E-state index contributed by atoms with van der Waals surface area (Å²) in [7, 11) is 0. The van der Waals surface area contributed by atoms with Gasteiger partial charge in [-0.25, -0.2) is 0 Å². The second-order valence-electron chi connectivity index (χ2n) is 4.25. The van der Waals surface area contributed by atoms with Gasteiger partial charge < -0.3 is 4.98 Å². The summed E-state index contributed by atoms with van der Waals surface area (Å²) in [5.74, 6) is 0. The molecule has 0 spiro atoms. The molecule has 0 aliphatic heterocycles. The Morgan fingerprint density at radius 2 is 1.80 bits per heavy atom. The molecule has 1 heterocycles. The Morgan fingerprint density at radius 3 is 2.50 bits per heavy atom. The number of fused-ring (bicyclic) bond motifs is 3. The zero-order chi connectivity index (χ0) is 14.4. The third-order valence-electron chi connectivity index (χ3n) is 3.05. The standard InChI is InChI=1S/C13H6Br2N2O3/c14-6-1-2-7-8-4-12(17(19)20)10(15)5-11(8)16-13(18)9(7)3-6/h1-5H,(H,16,18). The lowest BCUT2D eigenvalue weighted by Gasteiger charge is -2.05. The van der Waals surface area contributed by atoms with Crippen molar-refractivity contribution in [2.75, 3.05) is 0 Å². The lowest BCUT2D eigenvalue weighted by molar-refractivity contribution is -0.385. The van der Waals surface area contributed by atoms with Crippen LogP contribution in [0.25, 0.3) is 21.7 Å². The molecule has 2 aromatic carbocycles. The number of nitro groups is 1. The molecule has 20 heavy (non-hydrogen) atoms. The Morgan fingerprint density at radius 1 is 1.05 bits per heavy atom. The summed E-state index contributed by atoms with van der Waals surface area (Å²) < 4.78 is 1.11. The summed E-state index contributed by atoms with van der Waals surface area (Å²) in [6.45, 7) is 0. The second-order valence-corrected chi connectivity index (χ2v) is 6.02. The second kappa shape index (κ2) is 4.68. The first-order valence-electron chi connectivity index (χ1n) is 5.56. The van der Waals surface area contributed by atoms with E-state index in [0.717, 1.165) is 4.47 Å². The van der Waals surface area contributed by atoms with E-state index in [1.54, 1.807) is 24.3 Å². The largest absolute Gasteiger partial charge is 0.321 e. The topological polar surface area (TPSA) is 76.0 Å². The summed E-state index contributed by atoms with van der Waals surface area (Å²) in [5.41, 5.74) is 0.297. The van der Waals surface area contributed by atoms with Crippen LogP contribution >= 0.6 is 31.9 Å². The van der Waals surface area contributed by atoms with Crippen molar-refractivity contribution >= 4 is 59.2 Å². The number of pyridine rings is 1. The zero-order valence-electron chi connectivity index (χ0n) is 9.81. The molecule has 5 nitrogen and oxygen atoms in total. The number of hydrogen-bond acceptors (Lipinski definition) is 3. The lowest BCUT2D eigenvalue weighted by Crippen LogP contribution is -2.06. The van der Waals surface area contributed by atoms with Gasteiger partial charge in [-0.05, 0) is 39.5 Å². The van der Waals surface area contributed by atoms with Gasteiger partial charge in [0, 0.05) is 21.3 Å². The summed E-state index contributed by atoms with van der Waals surface area (Å²) >= 11 is 6.46. The van der Waals surface area contributed by atoms with Gasteiger partial charge in [0.05, 0.1) is 14.9 Å². The molecule has 1 aromatic heterocycles. The van der Waals surface area contributed by atoms with Gasteiger partial charge >= 0.3 is 0 Å². The third kappa shape index (κ3) is 2.03. The van der Waals surface area contributed by atoms with Gasteiger partial charge in [-0.2, -0.15) is 0 Å².